The molecular formula is C11H9Cl2N5O2. The number of anilines is 1. The maximum Gasteiger partial charge on any atom is 0.258 e. The number of aromatic amines is 1. The highest BCUT2D eigenvalue weighted by Crippen LogP contribution is 2.22. The van der Waals surface area contributed by atoms with Crippen LogP contribution in [0.1, 0.15) is 15.9 Å². The van der Waals surface area contributed by atoms with Crippen LogP contribution in [-0.2, 0) is 0 Å². The fourth-order valence-electron chi connectivity index (χ4n) is 1.48. The smallest absolute Gasteiger partial charge is 0.258 e. The molecule has 1 heterocycles. The zero-order valence-corrected chi connectivity index (χ0v) is 11.4. The normalized spacial score (nSPS) is 11.4. The number of nitrogens with one attached hydrogen (secondary N) is 2. The number of hydrogen-bond acceptors (Lipinski definition) is 4. The first-order valence-electron chi connectivity index (χ1n) is 5.30. The molecule has 0 unspecified atom stereocenters. The molecule has 0 aliphatic heterocycles. The molecule has 0 aliphatic rings. The summed E-state index contributed by atoms with van der Waals surface area (Å²) >= 11 is 11.7. The van der Waals surface area contributed by atoms with E-state index in [0.717, 1.165) is 0 Å². The van der Waals surface area contributed by atoms with Gasteiger partial charge in [-0.05, 0) is 18.2 Å². The van der Waals surface area contributed by atoms with E-state index in [-0.39, 0.29) is 27.8 Å². The van der Waals surface area contributed by atoms with Crippen LogP contribution in [0.5, 0.6) is 0 Å². The number of hydrogen-bond donors (Lipinski definition) is 4. The first kappa shape index (κ1) is 14.2. The Labute approximate surface area is 123 Å². The van der Waals surface area contributed by atoms with Gasteiger partial charge in [0.2, 0.25) is 0 Å². The molecule has 0 aliphatic carbocycles. The average Bonchev–Trinajstić information content (AvgIpc) is 2.88. The number of nitrogens with zero attached hydrogens (tertiary/aromatic N) is 2. The Balaban J connectivity index is 2.29. The van der Waals surface area contributed by atoms with E-state index in [1.54, 1.807) is 6.07 Å². The minimum Gasteiger partial charge on any atom is -0.409 e. The summed E-state index contributed by atoms with van der Waals surface area (Å²) in [4.78, 5) is 12.1. The topological polar surface area (TPSA) is 116 Å². The number of halogens is 2. The molecule has 1 aromatic heterocycles. The summed E-state index contributed by atoms with van der Waals surface area (Å²) < 4.78 is 0. The Morgan fingerprint density at radius 2 is 2.15 bits per heavy atom. The second-order valence-corrected chi connectivity index (χ2v) is 4.57. The summed E-state index contributed by atoms with van der Waals surface area (Å²) in [5, 5.41) is 20.8. The summed E-state index contributed by atoms with van der Waals surface area (Å²) in [5.74, 6) is -0.513. The Hall–Kier alpha value is -2.25. The molecule has 1 amide bonds. The van der Waals surface area contributed by atoms with Crippen molar-refractivity contribution in [2.24, 2.45) is 10.9 Å². The maximum absolute atomic E-state index is 12.1. The number of amides is 1. The van der Waals surface area contributed by atoms with Gasteiger partial charge in [-0.15, -0.1) is 0 Å². The van der Waals surface area contributed by atoms with Crippen molar-refractivity contribution in [3.05, 3.63) is 45.6 Å². The van der Waals surface area contributed by atoms with Crippen molar-refractivity contribution in [1.82, 2.24) is 10.2 Å². The fraction of sp³-hybridized carbons (Fsp3) is 0. The third-order valence-electron chi connectivity index (χ3n) is 2.43. The maximum atomic E-state index is 12.1. The largest absolute Gasteiger partial charge is 0.409 e. The summed E-state index contributed by atoms with van der Waals surface area (Å²) in [6.07, 6.45) is 1.31. The van der Waals surface area contributed by atoms with Gasteiger partial charge in [0, 0.05) is 5.02 Å². The van der Waals surface area contributed by atoms with E-state index in [9.17, 15) is 4.79 Å². The van der Waals surface area contributed by atoms with Crippen LogP contribution in [0.2, 0.25) is 10.0 Å². The number of aromatic nitrogens is 2. The monoisotopic (exact) mass is 313 g/mol. The molecule has 0 bridgehead atoms. The number of rotatable bonds is 3. The number of benzene rings is 1. The van der Waals surface area contributed by atoms with Crippen molar-refractivity contribution in [2.75, 3.05) is 5.32 Å². The van der Waals surface area contributed by atoms with Crippen LogP contribution in [0.4, 0.5) is 5.82 Å². The summed E-state index contributed by atoms with van der Waals surface area (Å²) in [6, 6.07) is 4.51. The van der Waals surface area contributed by atoms with Crippen molar-refractivity contribution >= 4 is 40.8 Å². The third kappa shape index (κ3) is 2.84. The van der Waals surface area contributed by atoms with Gasteiger partial charge in [-0.3, -0.25) is 9.89 Å². The standard InChI is InChI=1S/C11H9Cl2N5O2/c12-5-1-2-8(13)6(3-5)11(19)16-10-7(4-15-17-10)9(14)18-20/h1-4,20H,(H2,14,18)(H2,15,16,17,19). The molecule has 20 heavy (non-hydrogen) atoms. The molecule has 0 saturated heterocycles. The SMILES string of the molecule is NC(=NO)c1cn[nH]c1NC(=O)c1cc(Cl)ccc1Cl. The van der Waals surface area contributed by atoms with Gasteiger partial charge in [0.15, 0.2) is 5.84 Å². The number of H-pyrrole nitrogens is 1. The molecule has 0 atom stereocenters. The highest BCUT2D eigenvalue weighted by molar-refractivity contribution is 6.36. The van der Waals surface area contributed by atoms with E-state index in [2.05, 4.69) is 20.7 Å². The lowest BCUT2D eigenvalue weighted by Crippen LogP contribution is -2.18. The van der Waals surface area contributed by atoms with Crippen LogP contribution in [0.15, 0.2) is 29.6 Å². The molecule has 0 spiro atoms. The number of carbonyl (C=O) groups is 1. The molecule has 9 heteroatoms. The van der Waals surface area contributed by atoms with Gasteiger partial charge in [-0.25, -0.2) is 0 Å². The second-order valence-electron chi connectivity index (χ2n) is 3.72. The minimum absolute atomic E-state index is 0.182. The first-order valence-corrected chi connectivity index (χ1v) is 6.06. The van der Waals surface area contributed by atoms with Gasteiger partial charge in [-0.1, -0.05) is 28.4 Å². The molecule has 0 fully saturated rings. The number of amidine groups is 1. The Morgan fingerprint density at radius 1 is 1.40 bits per heavy atom. The quantitative estimate of drug-likeness (QED) is 0.300. The van der Waals surface area contributed by atoms with E-state index in [1.807, 2.05) is 0 Å². The van der Waals surface area contributed by atoms with Gasteiger partial charge >= 0.3 is 0 Å². The number of nitrogens with two attached hydrogens (primary N) is 1. The van der Waals surface area contributed by atoms with E-state index in [0.29, 0.717) is 5.02 Å². The molecule has 5 N–H and O–H groups in total. The lowest BCUT2D eigenvalue weighted by molar-refractivity contribution is 0.102. The molecule has 2 aromatic rings. The molecule has 0 saturated carbocycles. The summed E-state index contributed by atoms with van der Waals surface area (Å²) in [6.45, 7) is 0. The van der Waals surface area contributed by atoms with Crippen molar-refractivity contribution in [2.45, 2.75) is 0 Å². The van der Waals surface area contributed by atoms with Crippen molar-refractivity contribution < 1.29 is 10.0 Å². The van der Waals surface area contributed by atoms with Crippen LogP contribution in [0, 0.1) is 0 Å². The van der Waals surface area contributed by atoms with Crippen LogP contribution < -0.4 is 11.1 Å². The lowest BCUT2D eigenvalue weighted by atomic mass is 10.2. The first-order chi connectivity index (χ1) is 9.52. The lowest BCUT2D eigenvalue weighted by Gasteiger charge is -2.07. The number of oxime groups is 1. The van der Waals surface area contributed by atoms with Gasteiger partial charge in [0.25, 0.3) is 5.91 Å². The summed E-state index contributed by atoms with van der Waals surface area (Å²) in [5.41, 5.74) is 5.89. The highest BCUT2D eigenvalue weighted by atomic mass is 35.5. The van der Waals surface area contributed by atoms with Crippen LogP contribution in [-0.4, -0.2) is 27.1 Å². The average molecular weight is 314 g/mol. The molecule has 0 radical (unpaired) electrons. The predicted octanol–water partition coefficient (Wildman–Crippen LogP) is 2.06. The van der Waals surface area contributed by atoms with E-state index < -0.39 is 5.91 Å². The summed E-state index contributed by atoms with van der Waals surface area (Å²) in [7, 11) is 0. The second kappa shape index (κ2) is 5.81. The molecule has 1 aromatic carbocycles. The Bertz CT molecular complexity index is 683. The van der Waals surface area contributed by atoms with E-state index in [1.165, 1.54) is 18.3 Å². The van der Waals surface area contributed by atoms with Gasteiger partial charge in [-0.2, -0.15) is 5.10 Å². The zero-order valence-electron chi connectivity index (χ0n) is 9.89. The van der Waals surface area contributed by atoms with Gasteiger partial charge in [0.1, 0.15) is 5.82 Å². The molecule has 2 rings (SSSR count). The fourth-order valence-corrected chi connectivity index (χ4v) is 1.86. The zero-order chi connectivity index (χ0) is 14.7. The van der Waals surface area contributed by atoms with Crippen LogP contribution >= 0.6 is 23.2 Å². The van der Waals surface area contributed by atoms with Crippen molar-refractivity contribution in [3.63, 3.8) is 0 Å². The predicted molar refractivity (Wildman–Crippen MR) is 75.5 cm³/mol. The van der Waals surface area contributed by atoms with E-state index in [4.69, 9.17) is 34.1 Å². The van der Waals surface area contributed by atoms with Crippen LogP contribution in [0.25, 0.3) is 0 Å². The van der Waals surface area contributed by atoms with Crippen molar-refractivity contribution in [3.8, 4) is 0 Å². The van der Waals surface area contributed by atoms with Crippen molar-refractivity contribution in [1.29, 1.82) is 0 Å². The molecule has 7 nitrogen and oxygen atoms in total. The molecule has 104 valence electrons. The van der Waals surface area contributed by atoms with Gasteiger partial charge in [0.05, 0.1) is 22.3 Å². The third-order valence-corrected chi connectivity index (χ3v) is 3.00. The minimum atomic E-state index is -0.506. The van der Waals surface area contributed by atoms with Gasteiger partial charge < -0.3 is 16.3 Å². The molecular weight excluding hydrogens is 305 g/mol. The Morgan fingerprint density at radius 3 is 2.85 bits per heavy atom. The number of carbonyl (C=O) groups excluding carboxylic acids is 1. The van der Waals surface area contributed by atoms with Crippen LogP contribution in [0.3, 0.4) is 0 Å². The highest BCUT2D eigenvalue weighted by Gasteiger charge is 2.16. The van der Waals surface area contributed by atoms with E-state index >= 15 is 0 Å². The Kier molecular flexibility index (Phi) is 4.11.